The van der Waals surface area contributed by atoms with Crippen molar-refractivity contribution >= 4 is 18.1 Å². The number of amides is 2. The molecule has 4 rings (SSSR count). The maximum Gasteiger partial charge on any atom is 0.408 e. The molecule has 0 aliphatic heterocycles. The largest absolute Gasteiger partial charge is 0.445 e. The summed E-state index contributed by atoms with van der Waals surface area (Å²) in [4.78, 5) is 26.3. The van der Waals surface area contributed by atoms with Gasteiger partial charge < -0.3 is 15.4 Å². The lowest BCUT2D eigenvalue weighted by molar-refractivity contribution is -0.673. The Morgan fingerprint density at radius 2 is 1.31 bits per heavy atom. The third-order valence-electron chi connectivity index (χ3n) is 6.32. The van der Waals surface area contributed by atoms with Crippen LogP contribution in [0.4, 0.5) is 4.79 Å². The molecule has 0 saturated heterocycles. The number of carbonyl (C=O) groups excluding carboxylic acids is 2. The predicted octanol–water partition coefficient (Wildman–Crippen LogP) is 4.79. The van der Waals surface area contributed by atoms with Crippen molar-refractivity contribution in [2.24, 2.45) is 7.05 Å². The van der Waals surface area contributed by atoms with Crippen molar-refractivity contribution in [1.29, 1.82) is 0 Å². The molecule has 0 radical (unpaired) electrons. The molecule has 6 nitrogen and oxygen atoms in total. The van der Waals surface area contributed by atoms with Crippen LogP contribution in [0.1, 0.15) is 22.4 Å². The first-order chi connectivity index (χ1) is 19.1. The zero-order valence-electron chi connectivity index (χ0n) is 22.1. The maximum absolute atomic E-state index is 13.6. The lowest BCUT2D eigenvalue weighted by Crippen LogP contribution is -2.51. The van der Waals surface area contributed by atoms with E-state index in [1.807, 2.05) is 139 Å². The van der Waals surface area contributed by atoms with Gasteiger partial charge in [0, 0.05) is 24.6 Å². The summed E-state index contributed by atoms with van der Waals surface area (Å²) in [6, 6.07) is 33.9. The number of rotatable bonds is 11. The fraction of sp³-hybridized carbons (Fsp3) is 0.182. The number of pyridine rings is 1. The Morgan fingerprint density at radius 1 is 0.744 bits per heavy atom. The Balaban J connectivity index is 1.50. The standard InChI is InChI=1S/C33H33N3O3/c1-36-22-12-11-19-30(36)21-20-29(23-26-13-5-2-6-14-26)34-32(37)31(24-27-15-7-3-8-16-27)35-33(38)39-25-28-17-9-4-10-18-28/h2-22,29,31H,23-25H2,1H3,(H-,34,35,37,38)/p+1/b21-20+. The summed E-state index contributed by atoms with van der Waals surface area (Å²) in [6.45, 7) is 0.125. The first-order valence-electron chi connectivity index (χ1n) is 13.0. The van der Waals surface area contributed by atoms with E-state index in [0.29, 0.717) is 12.8 Å². The van der Waals surface area contributed by atoms with E-state index in [2.05, 4.69) is 10.6 Å². The van der Waals surface area contributed by atoms with Gasteiger partial charge in [0.05, 0.1) is 6.04 Å². The first-order valence-corrected chi connectivity index (χ1v) is 13.0. The van der Waals surface area contributed by atoms with E-state index in [4.69, 9.17) is 4.74 Å². The Morgan fingerprint density at radius 3 is 1.92 bits per heavy atom. The SMILES string of the molecule is C[n+]1ccccc1/C=C/C(Cc1ccccc1)NC(=O)C(Cc1ccccc1)NC(=O)OCc1ccccc1. The van der Waals surface area contributed by atoms with Gasteiger partial charge in [-0.1, -0.05) is 97.1 Å². The van der Waals surface area contributed by atoms with Crippen LogP contribution < -0.4 is 15.2 Å². The van der Waals surface area contributed by atoms with E-state index in [9.17, 15) is 9.59 Å². The van der Waals surface area contributed by atoms with E-state index >= 15 is 0 Å². The summed E-state index contributed by atoms with van der Waals surface area (Å²) in [5, 5.41) is 5.94. The van der Waals surface area contributed by atoms with Crippen LogP contribution in [0.25, 0.3) is 6.08 Å². The molecule has 3 aromatic carbocycles. The van der Waals surface area contributed by atoms with Crippen molar-refractivity contribution in [2.75, 3.05) is 0 Å². The van der Waals surface area contributed by atoms with Crippen LogP contribution in [-0.2, 0) is 36.0 Å². The number of nitrogens with zero attached hydrogens (tertiary/aromatic N) is 1. The molecule has 39 heavy (non-hydrogen) atoms. The van der Waals surface area contributed by atoms with Crippen molar-refractivity contribution < 1.29 is 18.9 Å². The van der Waals surface area contributed by atoms with Gasteiger partial charge in [-0.05, 0) is 29.2 Å². The number of nitrogens with one attached hydrogen (secondary N) is 2. The summed E-state index contributed by atoms with van der Waals surface area (Å²) in [5.74, 6) is -0.279. The van der Waals surface area contributed by atoms with Gasteiger partial charge in [0.1, 0.15) is 19.7 Å². The van der Waals surface area contributed by atoms with Crippen molar-refractivity contribution in [3.8, 4) is 0 Å². The maximum atomic E-state index is 13.6. The molecule has 198 valence electrons. The van der Waals surface area contributed by atoms with Crippen LogP contribution in [0.2, 0.25) is 0 Å². The van der Waals surface area contributed by atoms with Crippen molar-refractivity contribution in [2.45, 2.75) is 31.5 Å². The van der Waals surface area contributed by atoms with Gasteiger partial charge in [-0.15, -0.1) is 0 Å². The van der Waals surface area contributed by atoms with Gasteiger partial charge in [-0.3, -0.25) is 4.79 Å². The number of aryl methyl sites for hydroxylation is 1. The van der Waals surface area contributed by atoms with Crippen LogP contribution in [0, 0.1) is 0 Å². The molecular weight excluding hydrogens is 486 g/mol. The van der Waals surface area contributed by atoms with Crippen molar-refractivity contribution in [3.63, 3.8) is 0 Å². The van der Waals surface area contributed by atoms with Gasteiger partial charge in [0.15, 0.2) is 6.20 Å². The molecule has 2 atom stereocenters. The van der Waals surface area contributed by atoms with Gasteiger partial charge in [-0.25, -0.2) is 9.36 Å². The summed E-state index contributed by atoms with van der Waals surface area (Å²) in [7, 11) is 1.98. The first kappa shape index (κ1) is 27.3. The molecule has 0 fully saturated rings. The van der Waals surface area contributed by atoms with Crippen LogP contribution in [-0.4, -0.2) is 24.1 Å². The molecule has 0 aliphatic carbocycles. The Hall–Kier alpha value is -4.71. The Labute approximate surface area is 230 Å². The number of benzene rings is 3. The molecular formula is C33H34N3O3+. The Bertz CT molecular complexity index is 1360. The predicted molar refractivity (Wildman–Crippen MR) is 152 cm³/mol. The average molecular weight is 521 g/mol. The zero-order valence-corrected chi connectivity index (χ0v) is 22.1. The summed E-state index contributed by atoms with van der Waals surface area (Å²) in [6.07, 6.45) is 6.28. The van der Waals surface area contributed by atoms with E-state index in [1.54, 1.807) is 0 Å². The molecule has 2 unspecified atom stereocenters. The highest BCUT2D eigenvalue weighted by molar-refractivity contribution is 5.86. The third kappa shape index (κ3) is 8.97. The third-order valence-corrected chi connectivity index (χ3v) is 6.32. The molecule has 1 heterocycles. The van der Waals surface area contributed by atoms with E-state index in [1.165, 1.54) is 0 Å². The monoisotopic (exact) mass is 520 g/mol. The molecule has 1 aromatic heterocycles. The number of ether oxygens (including phenoxy) is 1. The fourth-order valence-corrected chi connectivity index (χ4v) is 4.21. The van der Waals surface area contributed by atoms with Gasteiger partial charge >= 0.3 is 6.09 Å². The van der Waals surface area contributed by atoms with E-state index in [-0.39, 0.29) is 18.6 Å². The number of alkyl carbamates (subject to hydrolysis) is 1. The van der Waals surface area contributed by atoms with Crippen LogP contribution in [0.5, 0.6) is 0 Å². The number of aromatic nitrogens is 1. The molecule has 2 N–H and O–H groups in total. The zero-order chi connectivity index (χ0) is 27.3. The molecule has 2 amide bonds. The minimum absolute atomic E-state index is 0.125. The molecule has 4 aromatic rings. The van der Waals surface area contributed by atoms with Crippen molar-refractivity contribution in [3.05, 3.63) is 144 Å². The second-order valence-electron chi connectivity index (χ2n) is 9.35. The Kier molecular flexibility index (Phi) is 10.0. The van der Waals surface area contributed by atoms with E-state index < -0.39 is 12.1 Å². The number of hydrogen-bond donors (Lipinski definition) is 2. The summed E-state index contributed by atoms with van der Waals surface area (Å²) < 4.78 is 7.43. The smallest absolute Gasteiger partial charge is 0.408 e. The molecule has 0 aliphatic rings. The highest BCUT2D eigenvalue weighted by Gasteiger charge is 2.24. The minimum Gasteiger partial charge on any atom is -0.445 e. The second-order valence-corrected chi connectivity index (χ2v) is 9.35. The second kappa shape index (κ2) is 14.3. The summed E-state index contributed by atoms with van der Waals surface area (Å²) in [5.41, 5.74) is 3.92. The molecule has 6 heteroatoms. The van der Waals surface area contributed by atoms with Crippen LogP contribution in [0.3, 0.4) is 0 Å². The summed E-state index contributed by atoms with van der Waals surface area (Å²) >= 11 is 0. The fourth-order valence-electron chi connectivity index (χ4n) is 4.21. The lowest BCUT2D eigenvalue weighted by atomic mass is 10.0. The molecule has 0 saturated carbocycles. The molecule has 0 bridgehead atoms. The number of hydrogen-bond acceptors (Lipinski definition) is 3. The average Bonchev–Trinajstić information content (AvgIpc) is 2.97. The van der Waals surface area contributed by atoms with Crippen LogP contribution in [0.15, 0.2) is 121 Å². The topological polar surface area (TPSA) is 71.3 Å². The minimum atomic E-state index is -0.810. The van der Waals surface area contributed by atoms with E-state index in [0.717, 1.165) is 22.4 Å². The quantitative estimate of drug-likeness (QED) is 0.280. The lowest BCUT2D eigenvalue weighted by Gasteiger charge is -2.22. The van der Waals surface area contributed by atoms with Gasteiger partial charge in [-0.2, -0.15) is 0 Å². The normalized spacial score (nSPS) is 12.4. The van der Waals surface area contributed by atoms with Gasteiger partial charge in [0.2, 0.25) is 11.6 Å². The highest BCUT2D eigenvalue weighted by atomic mass is 16.5. The number of carbonyl (C=O) groups is 2. The molecule has 0 spiro atoms. The van der Waals surface area contributed by atoms with Crippen LogP contribution >= 0.6 is 0 Å². The van der Waals surface area contributed by atoms with Gasteiger partial charge in [0.25, 0.3) is 0 Å². The van der Waals surface area contributed by atoms with Crippen molar-refractivity contribution in [1.82, 2.24) is 10.6 Å². The highest BCUT2D eigenvalue weighted by Crippen LogP contribution is 2.09.